The zero-order chi connectivity index (χ0) is 9.97. The molecular weight excluding hydrogens is 176 g/mol. The Hall–Kier alpha value is -1.45. The van der Waals surface area contributed by atoms with Crippen molar-refractivity contribution in [3.05, 3.63) is 42.1 Å². The van der Waals surface area contributed by atoms with Gasteiger partial charge in [0.15, 0.2) is 0 Å². The fourth-order valence-electron chi connectivity index (χ4n) is 1.54. The van der Waals surface area contributed by atoms with E-state index in [4.69, 9.17) is 10.8 Å². The monoisotopic (exact) mass is 188 g/mol. The third-order valence-corrected chi connectivity index (χ3v) is 2.28. The summed E-state index contributed by atoms with van der Waals surface area (Å²) in [7, 11) is 0. The number of rotatable bonds is 2. The predicted molar refractivity (Wildman–Crippen MR) is 55.8 cm³/mol. The molecule has 0 amide bonds. The average molecular weight is 188 g/mol. The lowest BCUT2D eigenvalue weighted by molar-refractivity contribution is 0.268. The summed E-state index contributed by atoms with van der Waals surface area (Å²) in [6.45, 7) is -0.0476. The van der Waals surface area contributed by atoms with Gasteiger partial charge in [0.25, 0.3) is 0 Å². The van der Waals surface area contributed by atoms with Gasteiger partial charge in [-0.15, -0.1) is 0 Å². The molecule has 1 aromatic heterocycles. The molecule has 1 heterocycles. The van der Waals surface area contributed by atoms with Crippen molar-refractivity contribution in [1.29, 1.82) is 0 Å². The fraction of sp³-hybridized carbons (Fsp3) is 0.182. The van der Waals surface area contributed by atoms with Crippen LogP contribution in [0.4, 0.5) is 0 Å². The summed E-state index contributed by atoms with van der Waals surface area (Å²) >= 11 is 0. The number of aliphatic hydroxyl groups is 1. The van der Waals surface area contributed by atoms with Crippen LogP contribution in [0.3, 0.4) is 0 Å². The zero-order valence-corrected chi connectivity index (χ0v) is 7.72. The molecule has 3 N–H and O–H groups in total. The van der Waals surface area contributed by atoms with Gasteiger partial charge < -0.3 is 10.8 Å². The molecule has 0 aliphatic rings. The maximum Gasteiger partial charge on any atom is 0.0705 e. The quantitative estimate of drug-likeness (QED) is 0.745. The van der Waals surface area contributed by atoms with E-state index >= 15 is 0 Å². The minimum atomic E-state index is -0.331. The van der Waals surface area contributed by atoms with Crippen LogP contribution in [0.15, 0.2) is 36.5 Å². The molecule has 0 spiro atoms. The van der Waals surface area contributed by atoms with Crippen LogP contribution in [-0.2, 0) is 0 Å². The maximum absolute atomic E-state index is 9.00. The van der Waals surface area contributed by atoms with Crippen LogP contribution in [-0.4, -0.2) is 16.7 Å². The van der Waals surface area contributed by atoms with E-state index in [1.54, 1.807) is 6.20 Å². The zero-order valence-electron chi connectivity index (χ0n) is 7.72. The number of hydrogen-bond donors (Lipinski definition) is 2. The molecule has 0 aliphatic carbocycles. The molecule has 2 rings (SSSR count). The summed E-state index contributed by atoms with van der Waals surface area (Å²) in [6.07, 6.45) is 1.72. The van der Waals surface area contributed by atoms with Crippen LogP contribution in [0.2, 0.25) is 0 Å². The van der Waals surface area contributed by atoms with Gasteiger partial charge in [-0.1, -0.05) is 18.2 Å². The topological polar surface area (TPSA) is 59.1 Å². The van der Waals surface area contributed by atoms with Crippen molar-refractivity contribution in [2.75, 3.05) is 6.61 Å². The molecule has 2 aromatic rings. The molecule has 3 nitrogen and oxygen atoms in total. The number of aromatic nitrogens is 1. The van der Waals surface area contributed by atoms with Gasteiger partial charge in [-0.25, -0.2) is 0 Å². The molecule has 0 bridgehead atoms. The Morgan fingerprint density at radius 1 is 1.29 bits per heavy atom. The Balaban J connectivity index is 2.65. The number of nitrogens with zero attached hydrogens (tertiary/aromatic N) is 1. The normalized spacial score (nSPS) is 13.0. The highest BCUT2D eigenvalue weighted by molar-refractivity contribution is 5.82. The first-order chi connectivity index (χ1) is 6.83. The summed E-state index contributed by atoms with van der Waals surface area (Å²) in [5.41, 5.74) is 7.64. The van der Waals surface area contributed by atoms with Crippen molar-refractivity contribution in [3.63, 3.8) is 0 Å². The molecule has 1 atom stereocenters. The number of benzene rings is 1. The Bertz CT molecular complexity index is 437. The van der Waals surface area contributed by atoms with Gasteiger partial charge >= 0.3 is 0 Å². The van der Waals surface area contributed by atoms with Crippen molar-refractivity contribution >= 4 is 10.9 Å². The van der Waals surface area contributed by atoms with Crippen molar-refractivity contribution in [2.45, 2.75) is 6.04 Å². The Kier molecular flexibility index (Phi) is 2.43. The van der Waals surface area contributed by atoms with E-state index in [-0.39, 0.29) is 12.6 Å². The van der Waals surface area contributed by atoms with E-state index < -0.39 is 0 Å². The molecule has 72 valence electrons. The minimum Gasteiger partial charge on any atom is -0.394 e. The van der Waals surface area contributed by atoms with Crippen LogP contribution in [0.5, 0.6) is 0 Å². The van der Waals surface area contributed by atoms with E-state index in [2.05, 4.69) is 4.98 Å². The standard InChI is InChI=1S/C11H12N2O/c12-10(7-14)8-5-6-13-11-4-2-1-3-9(8)11/h1-6,10,14H,7,12H2/t10-/m1/s1. The maximum atomic E-state index is 9.00. The molecule has 1 aromatic carbocycles. The molecule has 0 saturated heterocycles. The van der Waals surface area contributed by atoms with Crippen LogP contribution >= 0.6 is 0 Å². The summed E-state index contributed by atoms with van der Waals surface area (Å²) in [4.78, 5) is 4.22. The van der Waals surface area contributed by atoms with Crippen molar-refractivity contribution in [2.24, 2.45) is 5.73 Å². The van der Waals surface area contributed by atoms with Crippen LogP contribution < -0.4 is 5.73 Å². The van der Waals surface area contributed by atoms with Gasteiger partial charge in [-0.3, -0.25) is 4.98 Å². The third kappa shape index (κ3) is 1.47. The van der Waals surface area contributed by atoms with Crippen molar-refractivity contribution in [1.82, 2.24) is 4.98 Å². The first kappa shape index (κ1) is 9.12. The largest absolute Gasteiger partial charge is 0.394 e. The molecule has 0 aliphatic heterocycles. The SMILES string of the molecule is N[C@H](CO)c1ccnc2ccccc12. The first-order valence-corrected chi connectivity index (χ1v) is 4.53. The van der Waals surface area contributed by atoms with E-state index in [1.165, 1.54) is 0 Å². The molecule has 3 heteroatoms. The molecule has 0 saturated carbocycles. The summed E-state index contributed by atoms with van der Waals surface area (Å²) in [5.74, 6) is 0. The van der Waals surface area contributed by atoms with E-state index in [0.717, 1.165) is 16.5 Å². The van der Waals surface area contributed by atoms with Crippen LogP contribution in [0, 0.1) is 0 Å². The Labute approximate surface area is 82.2 Å². The van der Waals surface area contributed by atoms with Gasteiger partial charge in [-0.2, -0.15) is 0 Å². The second kappa shape index (κ2) is 3.74. The van der Waals surface area contributed by atoms with Crippen molar-refractivity contribution in [3.8, 4) is 0 Å². The predicted octanol–water partition coefficient (Wildman–Crippen LogP) is 1.23. The Morgan fingerprint density at radius 2 is 2.07 bits per heavy atom. The van der Waals surface area contributed by atoms with Gasteiger partial charge in [0.1, 0.15) is 0 Å². The smallest absolute Gasteiger partial charge is 0.0705 e. The lowest BCUT2D eigenvalue weighted by Gasteiger charge is -2.10. The van der Waals surface area contributed by atoms with Crippen LogP contribution in [0.1, 0.15) is 11.6 Å². The lowest BCUT2D eigenvalue weighted by Crippen LogP contribution is -2.14. The molecule has 14 heavy (non-hydrogen) atoms. The number of pyridine rings is 1. The van der Waals surface area contributed by atoms with Gasteiger partial charge in [0.2, 0.25) is 0 Å². The van der Waals surface area contributed by atoms with Gasteiger partial charge in [0.05, 0.1) is 18.2 Å². The van der Waals surface area contributed by atoms with E-state index in [9.17, 15) is 0 Å². The summed E-state index contributed by atoms with van der Waals surface area (Å²) in [6, 6.07) is 9.29. The van der Waals surface area contributed by atoms with Gasteiger partial charge in [0, 0.05) is 11.6 Å². The highest BCUT2D eigenvalue weighted by Gasteiger charge is 2.07. The highest BCUT2D eigenvalue weighted by atomic mass is 16.3. The summed E-state index contributed by atoms with van der Waals surface area (Å²) < 4.78 is 0. The number of aliphatic hydroxyl groups excluding tert-OH is 1. The van der Waals surface area contributed by atoms with Crippen LogP contribution in [0.25, 0.3) is 10.9 Å². The summed E-state index contributed by atoms with van der Waals surface area (Å²) in [5, 5.41) is 10.0. The van der Waals surface area contributed by atoms with Crippen molar-refractivity contribution < 1.29 is 5.11 Å². The second-order valence-corrected chi connectivity index (χ2v) is 3.21. The fourth-order valence-corrected chi connectivity index (χ4v) is 1.54. The molecule has 0 fully saturated rings. The van der Waals surface area contributed by atoms with Gasteiger partial charge in [-0.05, 0) is 17.7 Å². The lowest BCUT2D eigenvalue weighted by atomic mass is 10.0. The first-order valence-electron chi connectivity index (χ1n) is 4.53. The number of nitrogens with two attached hydrogens (primary N) is 1. The number of para-hydroxylation sites is 1. The third-order valence-electron chi connectivity index (χ3n) is 2.28. The molecule has 0 unspecified atom stereocenters. The number of hydrogen-bond acceptors (Lipinski definition) is 3. The number of fused-ring (bicyclic) bond motifs is 1. The minimum absolute atomic E-state index is 0.0476. The molecular formula is C11H12N2O. The van der Waals surface area contributed by atoms with E-state index in [1.807, 2.05) is 30.3 Å². The molecule has 0 radical (unpaired) electrons. The Morgan fingerprint density at radius 3 is 2.86 bits per heavy atom. The average Bonchev–Trinajstić information content (AvgIpc) is 2.27. The second-order valence-electron chi connectivity index (χ2n) is 3.21. The van der Waals surface area contributed by atoms with E-state index in [0.29, 0.717) is 0 Å². The highest BCUT2D eigenvalue weighted by Crippen LogP contribution is 2.20.